The molecule has 0 aromatic heterocycles. The molecule has 0 unspecified atom stereocenters. The van der Waals surface area contributed by atoms with Crippen molar-refractivity contribution < 1.29 is 0 Å². The van der Waals surface area contributed by atoms with E-state index in [1.165, 1.54) is 34.9 Å². The number of rotatable bonds is 6. The minimum absolute atomic E-state index is 0.571. The Labute approximate surface area is 119 Å². The molecule has 0 atom stereocenters. The van der Waals surface area contributed by atoms with Gasteiger partial charge in [-0.3, -0.25) is 0 Å². The molecule has 1 nitrogen and oxygen atoms in total. The minimum atomic E-state index is 0.571. The van der Waals surface area contributed by atoms with E-state index >= 15 is 0 Å². The summed E-state index contributed by atoms with van der Waals surface area (Å²) in [4.78, 5) is 0. The van der Waals surface area contributed by atoms with E-state index in [4.69, 9.17) is 0 Å². The Kier molecular flexibility index (Phi) is 4.47. The molecular formula is C15H22IN. The SMILES string of the molecule is CC(C)CNCC1(Cc2ccc(I)cc2)CC1. The molecule has 0 spiro atoms. The van der Waals surface area contributed by atoms with Crippen LogP contribution in [0.3, 0.4) is 0 Å². The van der Waals surface area contributed by atoms with Crippen LogP contribution in [0, 0.1) is 14.9 Å². The van der Waals surface area contributed by atoms with Crippen molar-refractivity contribution in [3.05, 3.63) is 33.4 Å². The highest BCUT2D eigenvalue weighted by molar-refractivity contribution is 14.1. The maximum atomic E-state index is 3.62. The molecule has 0 heterocycles. The molecule has 2 rings (SSSR count). The summed E-state index contributed by atoms with van der Waals surface area (Å²) in [5.41, 5.74) is 2.07. The quantitative estimate of drug-likeness (QED) is 0.774. The van der Waals surface area contributed by atoms with Gasteiger partial charge in [-0.2, -0.15) is 0 Å². The van der Waals surface area contributed by atoms with Crippen molar-refractivity contribution in [2.45, 2.75) is 33.1 Å². The van der Waals surface area contributed by atoms with Gasteiger partial charge in [-0.25, -0.2) is 0 Å². The highest BCUT2D eigenvalue weighted by Crippen LogP contribution is 2.47. The summed E-state index contributed by atoms with van der Waals surface area (Å²) in [7, 11) is 0. The average molecular weight is 343 g/mol. The second-order valence-corrected chi connectivity index (χ2v) is 7.07. The van der Waals surface area contributed by atoms with Crippen molar-refractivity contribution in [2.24, 2.45) is 11.3 Å². The molecule has 2 heteroatoms. The maximum absolute atomic E-state index is 3.62. The van der Waals surface area contributed by atoms with Gasteiger partial charge in [-0.1, -0.05) is 26.0 Å². The standard InChI is InChI=1S/C15H22IN/c1-12(2)10-17-11-15(7-8-15)9-13-3-5-14(16)6-4-13/h3-6,12,17H,7-11H2,1-2H3. The molecule has 0 saturated heterocycles. The lowest BCUT2D eigenvalue weighted by atomic mass is 9.96. The lowest BCUT2D eigenvalue weighted by molar-refractivity contribution is 0.432. The molecule has 1 aromatic carbocycles. The van der Waals surface area contributed by atoms with Crippen molar-refractivity contribution in [3.63, 3.8) is 0 Å². The van der Waals surface area contributed by atoms with Gasteiger partial charge in [0, 0.05) is 10.1 Å². The largest absolute Gasteiger partial charge is 0.316 e. The van der Waals surface area contributed by atoms with Crippen molar-refractivity contribution in [1.29, 1.82) is 0 Å². The van der Waals surface area contributed by atoms with E-state index in [1.54, 1.807) is 0 Å². The molecule has 0 aliphatic heterocycles. The fraction of sp³-hybridized carbons (Fsp3) is 0.600. The van der Waals surface area contributed by atoms with Crippen LogP contribution in [0.15, 0.2) is 24.3 Å². The Hall–Kier alpha value is -0.0900. The average Bonchev–Trinajstić information content (AvgIpc) is 3.01. The van der Waals surface area contributed by atoms with Crippen LogP contribution >= 0.6 is 22.6 Å². The summed E-state index contributed by atoms with van der Waals surface area (Å²) in [5.74, 6) is 0.754. The third-order valence-electron chi connectivity index (χ3n) is 3.50. The van der Waals surface area contributed by atoms with E-state index < -0.39 is 0 Å². The molecule has 1 aliphatic rings. The zero-order chi connectivity index (χ0) is 12.3. The van der Waals surface area contributed by atoms with Crippen molar-refractivity contribution in [2.75, 3.05) is 13.1 Å². The predicted molar refractivity (Wildman–Crippen MR) is 82.2 cm³/mol. The Bertz CT molecular complexity index is 352. The van der Waals surface area contributed by atoms with E-state index in [2.05, 4.69) is 66.0 Å². The topological polar surface area (TPSA) is 12.0 Å². The lowest BCUT2D eigenvalue weighted by Crippen LogP contribution is -2.28. The lowest BCUT2D eigenvalue weighted by Gasteiger charge is -2.17. The first-order chi connectivity index (χ1) is 8.10. The molecule has 0 bridgehead atoms. The third kappa shape index (κ3) is 4.25. The number of benzene rings is 1. The summed E-state index contributed by atoms with van der Waals surface area (Å²) in [6.45, 7) is 6.88. The van der Waals surface area contributed by atoms with Crippen LogP contribution in [-0.4, -0.2) is 13.1 Å². The third-order valence-corrected chi connectivity index (χ3v) is 4.22. The number of hydrogen-bond acceptors (Lipinski definition) is 1. The second kappa shape index (κ2) is 5.70. The molecule has 1 saturated carbocycles. The van der Waals surface area contributed by atoms with Crippen LogP contribution < -0.4 is 5.32 Å². The van der Waals surface area contributed by atoms with E-state index in [9.17, 15) is 0 Å². The molecule has 1 fully saturated rings. The van der Waals surface area contributed by atoms with Gasteiger partial charge in [0.05, 0.1) is 0 Å². The van der Waals surface area contributed by atoms with Crippen molar-refractivity contribution in [1.82, 2.24) is 5.32 Å². The number of hydrogen-bond donors (Lipinski definition) is 1. The van der Waals surface area contributed by atoms with Crippen LogP contribution in [0.4, 0.5) is 0 Å². The van der Waals surface area contributed by atoms with E-state index in [1.807, 2.05) is 0 Å². The Balaban J connectivity index is 1.83. The summed E-state index contributed by atoms with van der Waals surface area (Å²) >= 11 is 2.37. The molecule has 0 radical (unpaired) electrons. The molecule has 0 amide bonds. The smallest absolute Gasteiger partial charge is 0.0130 e. The summed E-state index contributed by atoms with van der Waals surface area (Å²) in [6.07, 6.45) is 4.03. The highest BCUT2D eigenvalue weighted by Gasteiger charge is 2.41. The van der Waals surface area contributed by atoms with Crippen LogP contribution in [0.1, 0.15) is 32.3 Å². The molecule has 1 aromatic rings. The van der Waals surface area contributed by atoms with Crippen molar-refractivity contribution in [3.8, 4) is 0 Å². The van der Waals surface area contributed by atoms with Gasteiger partial charge in [0.25, 0.3) is 0 Å². The fourth-order valence-electron chi connectivity index (χ4n) is 2.25. The number of nitrogens with one attached hydrogen (secondary N) is 1. The fourth-order valence-corrected chi connectivity index (χ4v) is 2.61. The Morgan fingerprint density at radius 1 is 1.24 bits per heavy atom. The van der Waals surface area contributed by atoms with Crippen molar-refractivity contribution >= 4 is 22.6 Å². The van der Waals surface area contributed by atoms with E-state index in [0.29, 0.717) is 5.41 Å². The molecular weight excluding hydrogens is 321 g/mol. The van der Waals surface area contributed by atoms with Gasteiger partial charge in [0.15, 0.2) is 0 Å². The maximum Gasteiger partial charge on any atom is 0.0130 e. The summed E-state index contributed by atoms with van der Waals surface area (Å²) < 4.78 is 1.33. The van der Waals surface area contributed by atoms with Crippen LogP contribution in [0.25, 0.3) is 0 Å². The first-order valence-electron chi connectivity index (χ1n) is 6.55. The van der Waals surface area contributed by atoms with Crippen LogP contribution in [0.2, 0.25) is 0 Å². The highest BCUT2D eigenvalue weighted by atomic mass is 127. The monoisotopic (exact) mass is 343 g/mol. The van der Waals surface area contributed by atoms with E-state index in [0.717, 1.165) is 12.5 Å². The zero-order valence-corrected chi connectivity index (χ0v) is 13.0. The normalized spacial score (nSPS) is 17.4. The number of halogens is 1. The second-order valence-electron chi connectivity index (χ2n) is 5.83. The van der Waals surface area contributed by atoms with Gasteiger partial charge < -0.3 is 5.32 Å². The zero-order valence-electron chi connectivity index (χ0n) is 10.8. The van der Waals surface area contributed by atoms with Crippen LogP contribution in [0.5, 0.6) is 0 Å². The van der Waals surface area contributed by atoms with E-state index in [-0.39, 0.29) is 0 Å². The Morgan fingerprint density at radius 3 is 2.41 bits per heavy atom. The molecule has 17 heavy (non-hydrogen) atoms. The van der Waals surface area contributed by atoms with Gasteiger partial charge in [0.2, 0.25) is 0 Å². The summed E-state index contributed by atoms with van der Waals surface area (Å²) in [6, 6.07) is 9.00. The van der Waals surface area contributed by atoms with Gasteiger partial charge >= 0.3 is 0 Å². The van der Waals surface area contributed by atoms with Gasteiger partial charge in [-0.15, -0.1) is 0 Å². The van der Waals surface area contributed by atoms with Gasteiger partial charge in [-0.05, 0) is 77.4 Å². The predicted octanol–water partition coefficient (Wildman–Crippen LogP) is 3.86. The Morgan fingerprint density at radius 2 is 1.88 bits per heavy atom. The minimum Gasteiger partial charge on any atom is -0.316 e. The summed E-state index contributed by atoms with van der Waals surface area (Å²) in [5, 5.41) is 3.62. The molecule has 1 N–H and O–H groups in total. The van der Waals surface area contributed by atoms with Crippen LogP contribution in [-0.2, 0) is 6.42 Å². The molecule has 94 valence electrons. The molecule has 1 aliphatic carbocycles. The van der Waals surface area contributed by atoms with Gasteiger partial charge in [0.1, 0.15) is 0 Å². The first-order valence-corrected chi connectivity index (χ1v) is 7.63. The first kappa shape index (κ1) is 13.3.